The van der Waals surface area contributed by atoms with Gasteiger partial charge in [0.15, 0.2) is 5.96 Å². The quantitative estimate of drug-likeness (QED) is 0.426. The average molecular weight is 460 g/mol. The number of guanidine groups is 1. The Morgan fingerprint density at radius 3 is 2.40 bits per heavy atom. The zero-order valence-electron chi connectivity index (χ0n) is 15.5. The van der Waals surface area contributed by atoms with Gasteiger partial charge in [-0.05, 0) is 37.1 Å². The van der Waals surface area contributed by atoms with Crippen molar-refractivity contribution in [1.82, 2.24) is 15.1 Å². The molecule has 0 saturated carbocycles. The lowest BCUT2D eigenvalue weighted by Gasteiger charge is -2.36. The number of hydrogen-bond acceptors (Lipinski definition) is 3. The molecule has 0 atom stereocenters. The molecule has 25 heavy (non-hydrogen) atoms. The molecule has 1 aliphatic heterocycles. The van der Waals surface area contributed by atoms with Crippen molar-refractivity contribution in [3.05, 3.63) is 29.3 Å². The molecule has 1 N–H and O–H groups in total. The fourth-order valence-electron chi connectivity index (χ4n) is 2.86. The van der Waals surface area contributed by atoms with Gasteiger partial charge in [-0.15, -0.1) is 24.0 Å². The summed E-state index contributed by atoms with van der Waals surface area (Å²) in [4.78, 5) is 20.3. The van der Waals surface area contributed by atoms with Crippen molar-refractivity contribution >= 4 is 35.8 Å². The maximum absolute atomic E-state index is 11.5. The van der Waals surface area contributed by atoms with Gasteiger partial charge in [-0.2, -0.15) is 0 Å². The number of aliphatic imine (C=N–C) groups is 1. The Labute approximate surface area is 167 Å². The second kappa shape index (κ2) is 10.5. The van der Waals surface area contributed by atoms with Crippen LogP contribution in [0.2, 0.25) is 0 Å². The summed E-state index contributed by atoms with van der Waals surface area (Å²) in [6.45, 7) is 10.3. The summed E-state index contributed by atoms with van der Waals surface area (Å²) >= 11 is 0. The average Bonchev–Trinajstić information content (AvgIpc) is 2.58. The Morgan fingerprint density at radius 2 is 1.84 bits per heavy atom. The van der Waals surface area contributed by atoms with Crippen LogP contribution in [0.15, 0.2) is 23.2 Å². The van der Waals surface area contributed by atoms with E-state index in [1.54, 1.807) is 14.0 Å². The highest BCUT2D eigenvalue weighted by Gasteiger charge is 2.20. The Hall–Kier alpha value is -1.51. The van der Waals surface area contributed by atoms with E-state index in [9.17, 15) is 4.79 Å². The van der Waals surface area contributed by atoms with Gasteiger partial charge in [0.05, 0.1) is 13.7 Å². The molecule has 0 radical (unpaired) electrons. The first-order valence-corrected chi connectivity index (χ1v) is 8.46. The molecule has 1 aromatic carbocycles. The number of aryl methyl sites for hydroxylation is 1. The number of amides is 1. The molecule has 0 unspecified atom stereocenters. The van der Waals surface area contributed by atoms with Gasteiger partial charge >= 0.3 is 0 Å². The number of hydrogen-bond donors (Lipinski definition) is 1. The van der Waals surface area contributed by atoms with E-state index in [1.165, 1.54) is 5.56 Å². The third-order valence-corrected chi connectivity index (χ3v) is 4.12. The van der Waals surface area contributed by atoms with E-state index in [4.69, 9.17) is 9.73 Å². The van der Waals surface area contributed by atoms with Crippen molar-refractivity contribution in [1.29, 1.82) is 0 Å². The number of nitrogens with one attached hydrogen (secondary N) is 1. The lowest BCUT2D eigenvalue weighted by molar-refractivity contribution is -0.130. The van der Waals surface area contributed by atoms with Crippen molar-refractivity contribution in [2.24, 2.45) is 4.99 Å². The fourth-order valence-corrected chi connectivity index (χ4v) is 2.86. The number of carbonyl (C=O) groups excluding carboxylic acids is 1. The number of piperazine rings is 1. The third-order valence-electron chi connectivity index (χ3n) is 4.12. The van der Waals surface area contributed by atoms with E-state index in [0.29, 0.717) is 6.54 Å². The van der Waals surface area contributed by atoms with Gasteiger partial charge in [-0.25, -0.2) is 4.99 Å². The van der Waals surface area contributed by atoms with Crippen molar-refractivity contribution in [2.45, 2.75) is 27.3 Å². The van der Waals surface area contributed by atoms with Crippen LogP contribution in [0.3, 0.4) is 0 Å². The molecule has 2 rings (SSSR count). The molecule has 1 heterocycles. The van der Waals surface area contributed by atoms with Crippen molar-refractivity contribution in [3.8, 4) is 5.75 Å². The lowest BCUT2D eigenvalue weighted by Crippen LogP contribution is -2.53. The number of benzene rings is 1. The summed E-state index contributed by atoms with van der Waals surface area (Å²) in [5, 5.41) is 3.35. The molecule has 0 spiro atoms. The second-order valence-electron chi connectivity index (χ2n) is 6.02. The maximum Gasteiger partial charge on any atom is 0.219 e. The molecule has 1 aliphatic rings. The third kappa shape index (κ3) is 6.37. The van der Waals surface area contributed by atoms with Crippen molar-refractivity contribution in [2.75, 3.05) is 39.8 Å². The van der Waals surface area contributed by atoms with E-state index in [0.717, 1.165) is 50.0 Å². The van der Waals surface area contributed by atoms with E-state index < -0.39 is 0 Å². The summed E-state index contributed by atoms with van der Waals surface area (Å²) in [6, 6.07) is 6.16. The summed E-state index contributed by atoms with van der Waals surface area (Å²) in [5.41, 5.74) is 2.30. The molecule has 0 bridgehead atoms. The molecular formula is C18H29IN4O2. The van der Waals surface area contributed by atoms with Crippen molar-refractivity contribution in [3.63, 3.8) is 0 Å². The predicted molar refractivity (Wildman–Crippen MR) is 112 cm³/mol. The van der Waals surface area contributed by atoms with Gasteiger partial charge in [-0.1, -0.05) is 6.07 Å². The summed E-state index contributed by atoms with van der Waals surface area (Å²) in [6.07, 6.45) is 0. The van der Waals surface area contributed by atoms with Crippen LogP contribution in [-0.4, -0.2) is 61.5 Å². The predicted octanol–water partition coefficient (Wildman–Crippen LogP) is 2.25. The Balaban J connectivity index is 0.00000312. The minimum absolute atomic E-state index is 0. The number of ether oxygens (including phenoxy) is 1. The largest absolute Gasteiger partial charge is 0.497 e. The van der Waals surface area contributed by atoms with E-state index in [2.05, 4.69) is 30.1 Å². The molecular weight excluding hydrogens is 431 g/mol. The minimum Gasteiger partial charge on any atom is -0.497 e. The van der Waals surface area contributed by atoms with Crippen LogP contribution in [0.5, 0.6) is 5.75 Å². The first-order valence-electron chi connectivity index (χ1n) is 8.46. The zero-order valence-corrected chi connectivity index (χ0v) is 17.9. The molecule has 0 aromatic heterocycles. The van der Waals surface area contributed by atoms with Gasteiger partial charge in [-0.3, -0.25) is 4.79 Å². The number of carbonyl (C=O) groups is 1. The summed E-state index contributed by atoms with van der Waals surface area (Å²) < 4.78 is 5.33. The maximum atomic E-state index is 11.5. The van der Waals surface area contributed by atoms with Gasteiger partial charge in [0.1, 0.15) is 5.75 Å². The molecule has 1 fully saturated rings. The fraction of sp³-hybridized carbons (Fsp3) is 0.556. The molecule has 0 aliphatic carbocycles. The van der Waals surface area contributed by atoms with Crippen LogP contribution < -0.4 is 10.1 Å². The van der Waals surface area contributed by atoms with Crippen LogP contribution >= 0.6 is 24.0 Å². The Kier molecular flexibility index (Phi) is 9.02. The highest BCUT2D eigenvalue weighted by molar-refractivity contribution is 14.0. The highest BCUT2D eigenvalue weighted by Crippen LogP contribution is 2.17. The van der Waals surface area contributed by atoms with Crippen LogP contribution in [0.1, 0.15) is 25.0 Å². The van der Waals surface area contributed by atoms with E-state index in [1.807, 2.05) is 17.0 Å². The number of nitrogens with zero attached hydrogens (tertiary/aromatic N) is 3. The van der Waals surface area contributed by atoms with Crippen LogP contribution in [0.4, 0.5) is 0 Å². The number of rotatable bonds is 4. The topological polar surface area (TPSA) is 57.2 Å². The standard InChI is InChI=1S/C18H28N4O2.HI/c1-5-19-18(22-8-6-21(7-9-22)15(3)23)20-13-16-10-14(2)11-17(12-16)24-4;/h10-12H,5-9,13H2,1-4H3,(H,19,20);1H. The van der Waals surface area contributed by atoms with Crippen LogP contribution in [0.25, 0.3) is 0 Å². The molecule has 1 saturated heterocycles. The first kappa shape index (κ1) is 21.5. The molecule has 1 amide bonds. The normalized spacial score (nSPS) is 14.8. The van der Waals surface area contributed by atoms with E-state index in [-0.39, 0.29) is 29.9 Å². The van der Waals surface area contributed by atoms with Gasteiger partial charge in [0, 0.05) is 39.6 Å². The highest BCUT2D eigenvalue weighted by atomic mass is 127. The smallest absolute Gasteiger partial charge is 0.219 e. The number of halogens is 1. The number of methoxy groups -OCH3 is 1. The monoisotopic (exact) mass is 460 g/mol. The summed E-state index contributed by atoms with van der Waals surface area (Å²) in [7, 11) is 1.68. The second-order valence-corrected chi connectivity index (χ2v) is 6.02. The Morgan fingerprint density at radius 1 is 1.20 bits per heavy atom. The van der Waals surface area contributed by atoms with Crippen LogP contribution in [-0.2, 0) is 11.3 Å². The minimum atomic E-state index is 0. The Bertz CT molecular complexity index is 599. The van der Waals surface area contributed by atoms with Gasteiger partial charge < -0.3 is 19.9 Å². The summed E-state index contributed by atoms with van der Waals surface area (Å²) in [5.74, 6) is 1.91. The van der Waals surface area contributed by atoms with Crippen molar-refractivity contribution < 1.29 is 9.53 Å². The first-order chi connectivity index (χ1) is 11.5. The zero-order chi connectivity index (χ0) is 17.5. The molecule has 1 aromatic rings. The molecule has 6 nitrogen and oxygen atoms in total. The van der Waals surface area contributed by atoms with Gasteiger partial charge in [0.2, 0.25) is 5.91 Å². The lowest BCUT2D eigenvalue weighted by atomic mass is 10.1. The van der Waals surface area contributed by atoms with Crippen LogP contribution in [0, 0.1) is 6.92 Å². The van der Waals surface area contributed by atoms with E-state index >= 15 is 0 Å². The molecule has 7 heteroatoms. The molecule has 140 valence electrons. The SMILES string of the molecule is CCNC(=NCc1cc(C)cc(OC)c1)N1CCN(C(C)=O)CC1.I. The van der Waals surface area contributed by atoms with Gasteiger partial charge in [0.25, 0.3) is 0 Å².